The van der Waals surface area contributed by atoms with Crippen molar-refractivity contribution in [2.24, 2.45) is 0 Å². The Morgan fingerprint density at radius 2 is 2.19 bits per heavy atom. The van der Waals surface area contributed by atoms with Crippen molar-refractivity contribution in [3.8, 4) is 0 Å². The van der Waals surface area contributed by atoms with Crippen molar-refractivity contribution in [1.82, 2.24) is 10.5 Å². The molecule has 0 saturated heterocycles. The van der Waals surface area contributed by atoms with Gasteiger partial charge in [-0.1, -0.05) is 11.6 Å². The molecule has 16 heavy (non-hydrogen) atoms. The third kappa shape index (κ3) is 4.45. The van der Waals surface area contributed by atoms with Crippen LogP contribution in [0.3, 0.4) is 0 Å². The van der Waals surface area contributed by atoms with Crippen LogP contribution in [0.25, 0.3) is 0 Å². The summed E-state index contributed by atoms with van der Waals surface area (Å²) in [6.45, 7) is -1.56. The smallest absolute Gasteiger partial charge is 0.267 e. The lowest BCUT2D eigenvalue weighted by molar-refractivity contribution is -0.184. The van der Waals surface area contributed by atoms with E-state index in [0.29, 0.717) is 0 Å². The maximum Gasteiger partial charge on any atom is 0.414 e. The quantitative estimate of drug-likeness (QED) is 0.663. The van der Waals surface area contributed by atoms with Gasteiger partial charge in [-0.25, -0.2) is 10.5 Å². The van der Waals surface area contributed by atoms with Crippen LogP contribution >= 0.6 is 11.6 Å². The van der Waals surface area contributed by atoms with Crippen LogP contribution in [0.1, 0.15) is 10.4 Å². The van der Waals surface area contributed by atoms with E-state index >= 15 is 0 Å². The molecular weight excluding hydrogens is 249 g/mol. The van der Waals surface area contributed by atoms with Crippen molar-refractivity contribution >= 4 is 17.5 Å². The summed E-state index contributed by atoms with van der Waals surface area (Å²) in [5.41, 5.74) is 1.68. The first kappa shape index (κ1) is 12.7. The molecule has 0 aromatic carbocycles. The van der Waals surface area contributed by atoms with E-state index in [1.165, 1.54) is 12.1 Å². The molecule has 0 bridgehead atoms. The summed E-state index contributed by atoms with van der Waals surface area (Å²) in [5, 5.41) is 0.174. The number of hydroxylamine groups is 1. The highest BCUT2D eigenvalue weighted by atomic mass is 35.5. The minimum absolute atomic E-state index is 0.0478. The minimum Gasteiger partial charge on any atom is -0.267 e. The SMILES string of the molecule is O=C(NOCC(F)(F)F)c1ccc(Cl)nc1. The number of hydrogen-bond donors (Lipinski definition) is 1. The maximum atomic E-state index is 11.7. The zero-order valence-corrected chi connectivity index (χ0v) is 8.47. The highest BCUT2D eigenvalue weighted by Gasteiger charge is 2.28. The lowest BCUT2D eigenvalue weighted by Gasteiger charge is -2.07. The number of hydrogen-bond acceptors (Lipinski definition) is 3. The molecule has 0 aliphatic carbocycles. The van der Waals surface area contributed by atoms with Crippen molar-refractivity contribution in [1.29, 1.82) is 0 Å². The molecule has 88 valence electrons. The van der Waals surface area contributed by atoms with Crippen LogP contribution in [0.2, 0.25) is 5.15 Å². The Balaban J connectivity index is 2.44. The van der Waals surface area contributed by atoms with Crippen LogP contribution in [-0.2, 0) is 4.84 Å². The van der Waals surface area contributed by atoms with Gasteiger partial charge < -0.3 is 0 Å². The van der Waals surface area contributed by atoms with Gasteiger partial charge in [-0.2, -0.15) is 13.2 Å². The van der Waals surface area contributed by atoms with E-state index in [-0.39, 0.29) is 10.7 Å². The van der Waals surface area contributed by atoms with E-state index in [4.69, 9.17) is 11.6 Å². The van der Waals surface area contributed by atoms with E-state index < -0.39 is 18.7 Å². The second-order valence-electron chi connectivity index (χ2n) is 2.70. The van der Waals surface area contributed by atoms with Crippen LogP contribution in [-0.4, -0.2) is 23.7 Å². The first-order chi connectivity index (χ1) is 7.38. The summed E-state index contributed by atoms with van der Waals surface area (Å²) in [7, 11) is 0. The van der Waals surface area contributed by atoms with E-state index in [0.717, 1.165) is 6.20 Å². The lowest BCUT2D eigenvalue weighted by atomic mass is 10.3. The van der Waals surface area contributed by atoms with Crippen LogP contribution < -0.4 is 5.48 Å². The Morgan fingerprint density at radius 3 is 2.69 bits per heavy atom. The molecule has 1 heterocycles. The van der Waals surface area contributed by atoms with Crippen molar-refractivity contribution in [3.63, 3.8) is 0 Å². The normalized spacial score (nSPS) is 11.2. The number of carbonyl (C=O) groups excluding carboxylic acids is 1. The number of amides is 1. The predicted octanol–water partition coefficient (Wildman–Crippen LogP) is 1.96. The molecule has 0 atom stereocenters. The zero-order valence-electron chi connectivity index (χ0n) is 7.71. The van der Waals surface area contributed by atoms with Gasteiger partial charge in [0.2, 0.25) is 0 Å². The van der Waals surface area contributed by atoms with Crippen LogP contribution in [0, 0.1) is 0 Å². The van der Waals surface area contributed by atoms with Gasteiger partial charge in [0.15, 0.2) is 6.61 Å². The number of alkyl halides is 3. The van der Waals surface area contributed by atoms with E-state index in [2.05, 4.69) is 9.82 Å². The van der Waals surface area contributed by atoms with Gasteiger partial charge in [0, 0.05) is 6.20 Å². The fourth-order valence-electron chi connectivity index (χ4n) is 0.753. The van der Waals surface area contributed by atoms with Gasteiger partial charge in [-0.05, 0) is 12.1 Å². The van der Waals surface area contributed by atoms with Crippen LogP contribution in [0.4, 0.5) is 13.2 Å². The van der Waals surface area contributed by atoms with Gasteiger partial charge in [-0.3, -0.25) is 9.63 Å². The molecule has 0 unspecified atom stereocenters. The van der Waals surface area contributed by atoms with E-state index in [9.17, 15) is 18.0 Å². The fourth-order valence-corrected chi connectivity index (χ4v) is 0.864. The largest absolute Gasteiger partial charge is 0.414 e. The highest BCUT2D eigenvalue weighted by molar-refractivity contribution is 6.29. The second-order valence-corrected chi connectivity index (χ2v) is 3.09. The van der Waals surface area contributed by atoms with Crippen molar-refractivity contribution in [2.45, 2.75) is 6.18 Å². The molecule has 1 amide bonds. The number of rotatable bonds is 3. The summed E-state index contributed by atoms with van der Waals surface area (Å²) in [6, 6.07) is 2.64. The molecule has 4 nitrogen and oxygen atoms in total. The molecule has 1 rings (SSSR count). The van der Waals surface area contributed by atoms with Crippen molar-refractivity contribution in [3.05, 3.63) is 29.0 Å². The minimum atomic E-state index is -4.49. The Morgan fingerprint density at radius 1 is 1.50 bits per heavy atom. The Hall–Kier alpha value is -1.34. The molecular formula is C8H6ClF3N2O2. The molecule has 0 radical (unpaired) electrons. The number of pyridine rings is 1. The second kappa shape index (κ2) is 5.13. The number of aromatic nitrogens is 1. The molecule has 1 aromatic rings. The van der Waals surface area contributed by atoms with Gasteiger partial charge in [-0.15, -0.1) is 0 Å². The summed E-state index contributed by atoms with van der Waals surface area (Å²) >= 11 is 5.46. The van der Waals surface area contributed by atoms with E-state index in [1.807, 2.05) is 0 Å². The first-order valence-corrected chi connectivity index (χ1v) is 4.37. The fraction of sp³-hybridized carbons (Fsp3) is 0.250. The highest BCUT2D eigenvalue weighted by Crippen LogP contribution is 2.13. The Bertz CT molecular complexity index is 367. The van der Waals surface area contributed by atoms with E-state index in [1.54, 1.807) is 5.48 Å². The first-order valence-electron chi connectivity index (χ1n) is 3.99. The monoisotopic (exact) mass is 254 g/mol. The molecule has 0 spiro atoms. The number of nitrogens with zero attached hydrogens (tertiary/aromatic N) is 1. The Kier molecular flexibility index (Phi) is 4.08. The van der Waals surface area contributed by atoms with Gasteiger partial charge in [0.1, 0.15) is 5.15 Å². The molecule has 8 heteroatoms. The summed E-state index contributed by atoms with van der Waals surface area (Å²) in [6.07, 6.45) is -3.37. The van der Waals surface area contributed by atoms with Crippen molar-refractivity contribution in [2.75, 3.05) is 6.61 Å². The number of nitrogens with one attached hydrogen (secondary N) is 1. The molecule has 1 N–H and O–H groups in total. The topological polar surface area (TPSA) is 51.2 Å². The Labute approximate surface area is 93.3 Å². The molecule has 0 aliphatic heterocycles. The molecule has 0 aliphatic rings. The van der Waals surface area contributed by atoms with Gasteiger partial charge in [0.25, 0.3) is 5.91 Å². The van der Waals surface area contributed by atoms with Crippen LogP contribution in [0.15, 0.2) is 18.3 Å². The zero-order chi connectivity index (χ0) is 12.2. The number of halogens is 4. The third-order valence-electron chi connectivity index (χ3n) is 1.39. The summed E-state index contributed by atoms with van der Waals surface area (Å²) < 4.78 is 35.0. The summed E-state index contributed by atoms with van der Waals surface area (Å²) in [4.78, 5) is 18.7. The van der Waals surface area contributed by atoms with Crippen LogP contribution in [0.5, 0.6) is 0 Å². The predicted molar refractivity (Wildman–Crippen MR) is 48.7 cm³/mol. The molecule has 0 fully saturated rings. The van der Waals surface area contributed by atoms with Crippen molar-refractivity contribution < 1.29 is 22.8 Å². The third-order valence-corrected chi connectivity index (χ3v) is 1.61. The standard InChI is InChI=1S/C8H6ClF3N2O2/c9-6-2-1-5(3-13-6)7(15)14-16-4-8(10,11)12/h1-3H,4H2,(H,14,15). The molecule has 1 aromatic heterocycles. The average molecular weight is 255 g/mol. The number of carbonyl (C=O) groups is 1. The van der Waals surface area contributed by atoms with Gasteiger partial charge >= 0.3 is 6.18 Å². The lowest BCUT2D eigenvalue weighted by Crippen LogP contribution is -2.29. The molecule has 0 saturated carbocycles. The maximum absolute atomic E-state index is 11.7. The van der Waals surface area contributed by atoms with Gasteiger partial charge in [0.05, 0.1) is 5.56 Å². The summed E-state index contributed by atoms with van der Waals surface area (Å²) in [5.74, 6) is -0.826. The average Bonchev–Trinajstić information content (AvgIpc) is 2.16.